The molecule has 0 bridgehead atoms. The SMILES string of the molecule is COC(=O)/C(=C/CP(C)(C)=O)NC(=O)OC(C)(C)C. The molecule has 1 amide bonds. The van der Waals surface area contributed by atoms with Gasteiger partial charge in [-0.25, -0.2) is 9.59 Å². The average molecular weight is 291 g/mol. The number of hydrogen-bond acceptors (Lipinski definition) is 5. The van der Waals surface area contributed by atoms with Gasteiger partial charge in [0.15, 0.2) is 0 Å². The van der Waals surface area contributed by atoms with Gasteiger partial charge in [0, 0.05) is 6.16 Å². The van der Waals surface area contributed by atoms with E-state index in [1.54, 1.807) is 34.1 Å². The highest BCUT2D eigenvalue weighted by Crippen LogP contribution is 2.35. The van der Waals surface area contributed by atoms with E-state index in [2.05, 4.69) is 10.1 Å². The molecule has 0 aromatic carbocycles. The molecule has 0 aliphatic heterocycles. The monoisotopic (exact) mass is 291 g/mol. The lowest BCUT2D eigenvalue weighted by Crippen LogP contribution is -2.34. The third-order valence-electron chi connectivity index (χ3n) is 1.78. The van der Waals surface area contributed by atoms with Gasteiger partial charge in [-0.3, -0.25) is 5.32 Å². The second kappa shape index (κ2) is 6.75. The summed E-state index contributed by atoms with van der Waals surface area (Å²) in [6, 6.07) is 0. The van der Waals surface area contributed by atoms with Crippen molar-refractivity contribution in [3.05, 3.63) is 11.8 Å². The fraction of sp³-hybridized carbons (Fsp3) is 0.667. The summed E-state index contributed by atoms with van der Waals surface area (Å²) < 4.78 is 21.2. The van der Waals surface area contributed by atoms with Crippen LogP contribution in [0, 0.1) is 0 Å². The molecule has 0 atom stereocenters. The van der Waals surface area contributed by atoms with Crippen molar-refractivity contribution >= 4 is 19.2 Å². The lowest BCUT2D eigenvalue weighted by atomic mass is 10.2. The first-order valence-corrected chi connectivity index (χ1v) is 8.56. The zero-order valence-electron chi connectivity index (χ0n) is 12.3. The number of nitrogens with one attached hydrogen (secondary N) is 1. The van der Waals surface area contributed by atoms with E-state index in [0.717, 1.165) is 0 Å². The highest BCUT2D eigenvalue weighted by molar-refractivity contribution is 7.62. The number of hydrogen-bond donors (Lipinski definition) is 1. The summed E-state index contributed by atoms with van der Waals surface area (Å²) in [5, 5.41) is 2.30. The molecule has 1 N–H and O–H groups in total. The molecule has 0 heterocycles. The molecular formula is C12H22NO5P. The third kappa shape index (κ3) is 9.31. The van der Waals surface area contributed by atoms with Crippen LogP contribution in [0.15, 0.2) is 11.8 Å². The van der Waals surface area contributed by atoms with E-state index in [4.69, 9.17) is 4.74 Å². The second-order valence-electron chi connectivity index (χ2n) is 5.49. The highest BCUT2D eigenvalue weighted by Gasteiger charge is 2.20. The Morgan fingerprint density at radius 2 is 1.79 bits per heavy atom. The van der Waals surface area contributed by atoms with Crippen molar-refractivity contribution in [2.45, 2.75) is 26.4 Å². The minimum Gasteiger partial charge on any atom is -0.464 e. The van der Waals surface area contributed by atoms with Gasteiger partial charge >= 0.3 is 12.1 Å². The normalized spacial score (nSPS) is 12.8. The summed E-state index contributed by atoms with van der Waals surface area (Å²) in [6.45, 7) is 8.30. The predicted molar refractivity (Wildman–Crippen MR) is 73.8 cm³/mol. The Bertz CT molecular complexity index is 416. The third-order valence-corrected chi connectivity index (χ3v) is 2.84. The Morgan fingerprint density at radius 3 is 2.16 bits per heavy atom. The molecule has 0 aromatic rings. The van der Waals surface area contributed by atoms with Gasteiger partial charge in [-0.2, -0.15) is 0 Å². The Morgan fingerprint density at radius 1 is 1.26 bits per heavy atom. The number of amides is 1. The van der Waals surface area contributed by atoms with Crippen molar-refractivity contribution in [1.82, 2.24) is 5.32 Å². The van der Waals surface area contributed by atoms with Gasteiger partial charge in [-0.15, -0.1) is 0 Å². The Balaban J connectivity index is 4.85. The molecule has 0 fully saturated rings. The van der Waals surface area contributed by atoms with Gasteiger partial charge in [0.05, 0.1) is 14.3 Å². The molecule has 0 unspecified atom stereocenters. The van der Waals surface area contributed by atoms with E-state index >= 15 is 0 Å². The smallest absolute Gasteiger partial charge is 0.412 e. The number of alkyl carbamates (subject to hydrolysis) is 1. The molecule has 7 heteroatoms. The minimum atomic E-state index is -2.33. The van der Waals surface area contributed by atoms with E-state index in [1.807, 2.05) is 0 Å². The first-order chi connectivity index (χ1) is 8.44. The summed E-state index contributed by atoms with van der Waals surface area (Å²) in [5.74, 6) is -0.709. The molecule has 0 spiro atoms. The number of allylic oxidation sites excluding steroid dienone is 1. The maximum atomic E-state index is 11.6. The maximum absolute atomic E-state index is 11.6. The maximum Gasteiger partial charge on any atom is 0.412 e. The number of ether oxygens (including phenoxy) is 2. The quantitative estimate of drug-likeness (QED) is 0.488. The van der Waals surface area contributed by atoms with Crippen LogP contribution in [0.2, 0.25) is 0 Å². The van der Waals surface area contributed by atoms with Crippen LogP contribution < -0.4 is 5.32 Å². The average Bonchev–Trinajstić information content (AvgIpc) is 2.19. The summed E-state index contributed by atoms with van der Waals surface area (Å²) in [5.41, 5.74) is -0.739. The molecule has 0 aromatic heterocycles. The van der Waals surface area contributed by atoms with Crippen molar-refractivity contribution in [2.24, 2.45) is 0 Å². The molecule has 0 aliphatic rings. The Hall–Kier alpha value is -1.29. The fourth-order valence-corrected chi connectivity index (χ4v) is 1.64. The minimum absolute atomic E-state index is 0.0688. The van der Waals surface area contributed by atoms with Crippen molar-refractivity contribution in [3.63, 3.8) is 0 Å². The molecule has 0 aliphatic carbocycles. The molecule has 0 saturated carbocycles. The number of rotatable bonds is 4. The van der Waals surface area contributed by atoms with Gasteiger partial charge in [-0.05, 0) is 40.2 Å². The number of carbonyl (C=O) groups excluding carboxylic acids is 2. The van der Waals surface area contributed by atoms with Gasteiger partial charge in [0.25, 0.3) is 0 Å². The van der Waals surface area contributed by atoms with Gasteiger partial charge in [0.2, 0.25) is 0 Å². The molecule has 110 valence electrons. The zero-order chi connectivity index (χ0) is 15.3. The summed E-state index contributed by atoms with van der Waals surface area (Å²) in [6.07, 6.45) is 0.815. The van der Waals surface area contributed by atoms with Gasteiger partial charge in [-0.1, -0.05) is 0 Å². The molecule has 0 saturated heterocycles. The lowest BCUT2D eigenvalue weighted by Gasteiger charge is -2.20. The highest BCUT2D eigenvalue weighted by atomic mass is 31.2. The van der Waals surface area contributed by atoms with Crippen LogP contribution in [0.5, 0.6) is 0 Å². The van der Waals surface area contributed by atoms with E-state index < -0.39 is 24.8 Å². The summed E-state index contributed by atoms with van der Waals surface area (Å²) in [7, 11) is -1.13. The van der Waals surface area contributed by atoms with Crippen molar-refractivity contribution < 1.29 is 23.6 Å². The molecule has 19 heavy (non-hydrogen) atoms. The van der Waals surface area contributed by atoms with Crippen molar-refractivity contribution in [3.8, 4) is 0 Å². The fourth-order valence-electron chi connectivity index (χ4n) is 1.02. The lowest BCUT2D eigenvalue weighted by molar-refractivity contribution is -0.136. The van der Waals surface area contributed by atoms with Crippen LogP contribution in [0.4, 0.5) is 4.79 Å². The number of methoxy groups -OCH3 is 1. The largest absolute Gasteiger partial charge is 0.464 e. The molecular weight excluding hydrogens is 269 g/mol. The second-order valence-corrected chi connectivity index (χ2v) is 9.01. The van der Waals surface area contributed by atoms with Crippen molar-refractivity contribution in [1.29, 1.82) is 0 Å². The van der Waals surface area contributed by atoms with Gasteiger partial charge < -0.3 is 14.0 Å². The Kier molecular flexibility index (Phi) is 6.30. The number of carbonyl (C=O) groups is 2. The number of esters is 1. The predicted octanol–water partition coefficient (Wildman–Crippen LogP) is 2.19. The molecule has 6 nitrogen and oxygen atoms in total. The van der Waals surface area contributed by atoms with Crippen LogP contribution in [-0.4, -0.2) is 44.3 Å². The van der Waals surface area contributed by atoms with Crippen molar-refractivity contribution in [2.75, 3.05) is 26.6 Å². The van der Waals surface area contributed by atoms with Crippen LogP contribution in [0.3, 0.4) is 0 Å². The van der Waals surface area contributed by atoms with E-state index in [1.165, 1.54) is 13.2 Å². The van der Waals surface area contributed by atoms with Crippen LogP contribution in [0.1, 0.15) is 20.8 Å². The van der Waals surface area contributed by atoms with Crippen LogP contribution in [0.25, 0.3) is 0 Å². The summed E-state index contributed by atoms with van der Waals surface area (Å²) in [4.78, 5) is 23.0. The molecule has 0 rings (SSSR count). The first kappa shape index (κ1) is 17.7. The Labute approximate surface area is 113 Å². The van der Waals surface area contributed by atoms with Gasteiger partial charge in [0.1, 0.15) is 11.3 Å². The van der Waals surface area contributed by atoms with E-state index in [0.29, 0.717) is 0 Å². The zero-order valence-corrected chi connectivity index (χ0v) is 13.2. The van der Waals surface area contributed by atoms with E-state index in [9.17, 15) is 14.2 Å². The van der Waals surface area contributed by atoms with E-state index in [-0.39, 0.29) is 11.9 Å². The first-order valence-electron chi connectivity index (χ1n) is 5.77. The standard InChI is InChI=1S/C12H22NO5P/c1-12(2,3)18-11(15)13-9(10(14)17-4)7-8-19(5,6)16/h7H,8H2,1-6H3,(H,13,15)/b9-7-. The molecule has 0 radical (unpaired) electrons. The summed E-state index contributed by atoms with van der Waals surface area (Å²) >= 11 is 0. The van der Waals surface area contributed by atoms with Crippen LogP contribution >= 0.6 is 7.14 Å². The van der Waals surface area contributed by atoms with Crippen LogP contribution in [-0.2, 0) is 18.8 Å². The topological polar surface area (TPSA) is 81.7 Å².